The normalized spacial score (nSPS) is 24.3. The van der Waals surface area contributed by atoms with E-state index in [0.29, 0.717) is 18.3 Å². The highest BCUT2D eigenvalue weighted by atomic mass is 32.2. The van der Waals surface area contributed by atoms with Gasteiger partial charge in [-0.1, -0.05) is 49.6 Å². The maximum atomic E-state index is 13.4. The molecule has 1 aromatic carbocycles. The molecule has 0 spiro atoms. The lowest BCUT2D eigenvalue weighted by Gasteiger charge is -2.47. The molecule has 2 fully saturated rings. The van der Waals surface area contributed by atoms with Crippen molar-refractivity contribution in [3.05, 3.63) is 35.9 Å². The third-order valence-corrected chi connectivity index (χ3v) is 10.6. The predicted molar refractivity (Wildman–Crippen MR) is 155 cm³/mol. The number of nitrogens with zero attached hydrogens (tertiary/aromatic N) is 1. The minimum absolute atomic E-state index is 0.0164. The van der Waals surface area contributed by atoms with Crippen LogP contribution in [0.5, 0.6) is 0 Å². The number of carbonyl (C=O) groups is 2. The van der Waals surface area contributed by atoms with Gasteiger partial charge in [0.05, 0.1) is 22.9 Å². The van der Waals surface area contributed by atoms with E-state index in [1.807, 2.05) is 51.1 Å². The fraction of sp³-hybridized carbons (Fsp3) is 0.733. The first kappa shape index (κ1) is 31.6. The molecule has 2 aliphatic rings. The third-order valence-electron chi connectivity index (χ3n) is 8.42. The Labute approximate surface area is 235 Å². The van der Waals surface area contributed by atoms with Crippen LogP contribution in [0.3, 0.4) is 0 Å². The third kappa shape index (κ3) is 9.02. The van der Waals surface area contributed by atoms with Gasteiger partial charge in [-0.25, -0.2) is 8.42 Å². The van der Waals surface area contributed by atoms with Crippen LogP contribution < -0.4 is 10.6 Å². The number of aliphatic hydroxyl groups is 1. The SMILES string of the molecule is CC(C)(C)NC(=O)[C@@H]1C[C@@H]2CCCCC2CN1C[C@@H](O)C(Cc1ccccc1)NC(=O)CC(C)(C)S(C)(=O)=O. The summed E-state index contributed by atoms with van der Waals surface area (Å²) in [7, 11) is -3.45. The zero-order chi connectivity index (χ0) is 29.0. The fourth-order valence-corrected chi connectivity index (χ4v) is 6.31. The Morgan fingerprint density at radius 1 is 1.05 bits per heavy atom. The molecule has 39 heavy (non-hydrogen) atoms. The molecule has 1 heterocycles. The molecule has 2 unspecified atom stereocenters. The van der Waals surface area contributed by atoms with Crippen LogP contribution in [0.1, 0.15) is 78.7 Å². The van der Waals surface area contributed by atoms with Crippen molar-refractivity contribution < 1.29 is 23.1 Å². The summed E-state index contributed by atoms with van der Waals surface area (Å²) in [5.74, 6) is 0.582. The van der Waals surface area contributed by atoms with E-state index >= 15 is 0 Å². The highest BCUT2D eigenvalue weighted by Gasteiger charge is 2.42. The first-order valence-electron chi connectivity index (χ1n) is 14.3. The molecule has 9 heteroatoms. The summed E-state index contributed by atoms with van der Waals surface area (Å²) in [5, 5.41) is 17.6. The van der Waals surface area contributed by atoms with Gasteiger partial charge >= 0.3 is 0 Å². The smallest absolute Gasteiger partial charge is 0.237 e. The summed E-state index contributed by atoms with van der Waals surface area (Å²) < 4.78 is 23.2. The molecule has 1 saturated heterocycles. The van der Waals surface area contributed by atoms with Crippen molar-refractivity contribution in [3.8, 4) is 0 Å². The van der Waals surface area contributed by atoms with Crippen LogP contribution in [0, 0.1) is 11.8 Å². The van der Waals surface area contributed by atoms with E-state index in [1.54, 1.807) is 0 Å². The largest absolute Gasteiger partial charge is 0.390 e. The van der Waals surface area contributed by atoms with E-state index in [1.165, 1.54) is 26.7 Å². The van der Waals surface area contributed by atoms with Crippen molar-refractivity contribution in [2.45, 2.75) is 108 Å². The van der Waals surface area contributed by atoms with Crippen LogP contribution >= 0.6 is 0 Å². The van der Waals surface area contributed by atoms with Gasteiger partial charge in [-0.15, -0.1) is 0 Å². The van der Waals surface area contributed by atoms with Crippen molar-refractivity contribution in [1.82, 2.24) is 15.5 Å². The van der Waals surface area contributed by atoms with E-state index in [-0.39, 0.29) is 30.5 Å². The van der Waals surface area contributed by atoms with E-state index in [2.05, 4.69) is 15.5 Å². The average Bonchev–Trinajstić information content (AvgIpc) is 2.81. The zero-order valence-electron chi connectivity index (χ0n) is 24.6. The van der Waals surface area contributed by atoms with Crippen LogP contribution in [-0.4, -0.2) is 78.1 Å². The number of sulfone groups is 1. The molecule has 1 aliphatic heterocycles. The monoisotopic (exact) mass is 563 g/mol. The number of aliphatic hydroxyl groups excluding tert-OH is 1. The van der Waals surface area contributed by atoms with Crippen LogP contribution in [0.4, 0.5) is 0 Å². The Bertz CT molecular complexity index is 1080. The number of piperidine rings is 1. The molecule has 3 rings (SSSR count). The quantitative estimate of drug-likeness (QED) is 0.403. The van der Waals surface area contributed by atoms with Crippen molar-refractivity contribution >= 4 is 21.7 Å². The first-order valence-corrected chi connectivity index (χ1v) is 16.2. The fourth-order valence-electron chi connectivity index (χ4n) is 5.92. The number of fused-ring (bicyclic) bond motifs is 1. The predicted octanol–water partition coefficient (Wildman–Crippen LogP) is 3.08. The molecule has 5 atom stereocenters. The first-order chi connectivity index (χ1) is 18.1. The van der Waals surface area contributed by atoms with Gasteiger partial charge in [0, 0.05) is 31.3 Å². The van der Waals surface area contributed by atoms with Gasteiger partial charge in [0.25, 0.3) is 0 Å². The minimum atomic E-state index is -3.45. The molecular formula is C30H49N3O5S. The molecule has 1 aromatic rings. The second-order valence-electron chi connectivity index (χ2n) is 13.4. The highest BCUT2D eigenvalue weighted by molar-refractivity contribution is 7.92. The van der Waals surface area contributed by atoms with E-state index in [0.717, 1.165) is 37.6 Å². The lowest BCUT2D eigenvalue weighted by Crippen LogP contribution is -2.60. The highest BCUT2D eigenvalue weighted by Crippen LogP contribution is 2.39. The van der Waals surface area contributed by atoms with Gasteiger partial charge in [0.2, 0.25) is 11.8 Å². The Hall–Kier alpha value is -1.97. The van der Waals surface area contributed by atoms with Crippen LogP contribution in [0.2, 0.25) is 0 Å². The second kappa shape index (κ2) is 12.7. The van der Waals surface area contributed by atoms with E-state index in [4.69, 9.17) is 0 Å². The van der Waals surface area contributed by atoms with Gasteiger partial charge < -0.3 is 15.7 Å². The summed E-state index contributed by atoms with van der Waals surface area (Å²) in [5.41, 5.74) is 0.596. The van der Waals surface area contributed by atoms with Crippen LogP contribution in [0.25, 0.3) is 0 Å². The Morgan fingerprint density at radius 3 is 2.26 bits per heavy atom. The standard InChI is InChI=1S/C30H49N3O5S/c1-29(2,3)32-28(36)25-17-22-14-10-11-15-23(22)19-33(25)20-26(34)24(16-21-12-8-7-9-13-21)31-27(35)18-30(4,5)39(6,37)38/h7-9,12-13,22-26,34H,10-11,14-20H2,1-6H3,(H,31,35)(H,32,36)/t22-,23?,24?,25-,26+/m0/s1. The summed E-state index contributed by atoms with van der Waals surface area (Å²) >= 11 is 0. The molecule has 2 amide bonds. The molecular weight excluding hydrogens is 514 g/mol. The molecule has 3 N–H and O–H groups in total. The molecule has 220 valence electrons. The van der Waals surface area contributed by atoms with E-state index < -0.39 is 32.6 Å². The number of rotatable bonds is 10. The molecule has 0 aromatic heterocycles. The summed E-state index contributed by atoms with van der Waals surface area (Å²) in [4.78, 5) is 28.6. The number of amides is 2. The Morgan fingerprint density at radius 2 is 1.67 bits per heavy atom. The number of β-amino-alcohol motifs (C(OH)–C–C–N with tert-alkyl or cyclic N) is 1. The Kier molecular flexibility index (Phi) is 10.3. The van der Waals surface area contributed by atoms with Gasteiger partial charge in [0.1, 0.15) is 0 Å². The number of hydrogen-bond donors (Lipinski definition) is 3. The summed E-state index contributed by atoms with van der Waals surface area (Å²) in [6, 6.07) is 8.65. The van der Waals surface area contributed by atoms with E-state index in [9.17, 15) is 23.1 Å². The molecule has 0 bridgehead atoms. The molecule has 8 nitrogen and oxygen atoms in total. The molecule has 0 radical (unpaired) electrons. The van der Waals surface area contributed by atoms with Crippen molar-refractivity contribution in [2.24, 2.45) is 11.8 Å². The zero-order valence-corrected chi connectivity index (χ0v) is 25.4. The number of carbonyl (C=O) groups excluding carboxylic acids is 2. The molecule has 1 saturated carbocycles. The van der Waals surface area contributed by atoms with Crippen LogP contribution in [0.15, 0.2) is 30.3 Å². The van der Waals surface area contributed by atoms with Crippen molar-refractivity contribution in [3.63, 3.8) is 0 Å². The van der Waals surface area contributed by atoms with Crippen molar-refractivity contribution in [2.75, 3.05) is 19.3 Å². The number of hydrogen-bond acceptors (Lipinski definition) is 6. The van der Waals surface area contributed by atoms with Gasteiger partial charge in [-0.2, -0.15) is 0 Å². The Balaban J connectivity index is 1.81. The lowest BCUT2D eigenvalue weighted by molar-refractivity contribution is -0.133. The number of nitrogens with one attached hydrogen (secondary N) is 2. The molecule has 1 aliphatic carbocycles. The van der Waals surface area contributed by atoms with Crippen LogP contribution in [-0.2, 0) is 25.8 Å². The number of likely N-dealkylation sites (tertiary alicyclic amines) is 1. The maximum Gasteiger partial charge on any atom is 0.237 e. The van der Waals surface area contributed by atoms with Crippen molar-refractivity contribution in [1.29, 1.82) is 0 Å². The summed E-state index contributed by atoms with van der Waals surface area (Å²) in [6.07, 6.45) is 5.83. The summed E-state index contributed by atoms with van der Waals surface area (Å²) in [6.45, 7) is 9.99. The van der Waals surface area contributed by atoms with Gasteiger partial charge in [-0.3, -0.25) is 14.5 Å². The van der Waals surface area contributed by atoms with Gasteiger partial charge in [0.15, 0.2) is 9.84 Å². The minimum Gasteiger partial charge on any atom is -0.390 e. The second-order valence-corrected chi connectivity index (χ2v) is 16.0. The lowest BCUT2D eigenvalue weighted by atomic mass is 9.72. The maximum absolute atomic E-state index is 13.4. The average molecular weight is 564 g/mol. The number of benzene rings is 1. The van der Waals surface area contributed by atoms with Gasteiger partial charge in [-0.05, 0) is 71.3 Å². The topological polar surface area (TPSA) is 116 Å².